The van der Waals surface area contributed by atoms with Crippen molar-refractivity contribution in [3.05, 3.63) is 45.3 Å². The molecule has 0 unspecified atom stereocenters. The molecule has 0 radical (unpaired) electrons. The SMILES string of the molecule is CCCCCc1cc(C)c(OCCN=C2c3ccsc3NCN2C)c(Cl)c1. The number of fused-ring (bicyclic) bond motifs is 1. The minimum absolute atomic E-state index is 0.514. The van der Waals surface area contributed by atoms with Gasteiger partial charge in [-0.05, 0) is 48.4 Å². The van der Waals surface area contributed by atoms with Crippen molar-refractivity contribution in [1.82, 2.24) is 4.90 Å². The third-order valence-electron chi connectivity index (χ3n) is 4.70. The molecule has 0 saturated heterocycles. The smallest absolute Gasteiger partial charge is 0.140 e. The van der Waals surface area contributed by atoms with Crippen molar-refractivity contribution in [3.8, 4) is 5.75 Å². The number of ether oxygens (including phenoxy) is 1. The largest absolute Gasteiger partial charge is 0.490 e. The summed E-state index contributed by atoms with van der Waals surface area (Å²) in [5, 5.41) is 7.37. The van der Waals surface area contributed by atoms with E-state index in [0.717, 1.165) is 30.2 Å². The number of hydrogen-bond acceptors (Lipinski definition) is 4. The van der Waals surface area contributed by atoms with Crippen LogP contribution in [0.15, 0.2) is 28.6 Å². The number of nitrogens with zero attached hydrogens (tertiary/aromatic N) is 2. The maximum Gasteiger partial charge on any atom is 0.140 e. The summed E-state index contributed by atoms with van der Waals surface area (Å²) in [6, 6.07) is 6.35. The van der Waals surface area contributed by atoms with E-state index in [1.807, 2.05) is 13.1 Å². The molecule has 2 aromatic rings. The molecule has 0 aliphatic carbocycles. The van der Waals surface area contributed by atoms with Crippen LogP contribution in [0.5, 0.6) is 5.75 Å². The summed E-state index contributed by atoms with van der Waals surface area (Å²) in [6.45, 7) is 6.18. The molecule has 1 aromatic heterocycles. The van der Waals surface area contributed by atoms with Gasteiger partial charge in [0.2, 0.25) is 0 Å². The fourth-order valence-corrected chi connectivity index (χ4v) is 4.42. The van der Waals surface area contributed by atoms with E-state index in [1.165, 1.54) is 35.4 Å². The Labute approximate surface area is 171 Å². The minimum atomic E-state index is 0.514. The predicted octanol–water partition coefficient (Wildman–Crippen LogP) is 5.58. The lowest BCUT2D eigenvalue weighted by Gasteiger charge is -2.27. The normalized spacial score (nSPS) is 15.0. The molecule has 0 atom stereocenters. The monoisotopic (exact) mass is 405 g/mol. The van der Waals surface area contributed by atoms with E-state index in [1.54, 1.807) is 11.3 Å². The zero-order valence-electron chi connectivity index (χ0n) is 16.3. The number of anilines is 1. The zero-order chi connectivity index (χ0) is 19.2. The number of thiophene rings is 1. The van der Waals surface area contributed by atoms with Gasteiger partial charge in [-0.3, -0.25) is 4.99 Å². The molecular formula is C21H28ClN3OS. The maximum atomic E-state index is 6.47. The summed E-state index contributed by atoms with van der Waals surface area (Å²) >= 11 is 8.19. The second kappa shape index (κ2) is 9.47. The molecule has 0 fully saturated rings. The second-order valence-electron chi connectivity index (χ2n) is 6.93. The fourth-order valence-electron chi connectivity index (χ4n) is 3.31. The van der Waals surface area contributed by atoms with Crippen LogP contribution in [0.4, 0.5) is 5.00 Å². The molecular weight excluding hydrogens is 378 g/mol. The van der Waals surface area contributed by atoms with Crippen molar-refractivity contribution in [3.63, 3.8) is 0 Å². The van der Waals surface area contributed by atoms with E-state index >= 15 is 0 Å². The number of aliphatic imine (C=N–C) groups is 1. The number of hydrogen-bond donors (Lipinski definition) is 1. The second-order valence-corrected chi connectivity index (χ2v) is 8.25. The van der Waals surface area contributed by atoms with Gasteiger partial charge in [0.15, 0.2) is 0 Å². The van der Waals surface area contributed by atoms with E-state index in [4.69, 9.17) is 21.3 Å². The van der Waals surface area contributed by atoms with Crippen LogP contribution >= 0.6 is 22.9 Å². The fraction of sp³-hybridized carbons (Fsp3) is 0.476. The number of amidine groups is 1. The van der Waals surface area contributed by atoms with Gasteiger partial charge in [0, 0.05) is 7.05 Å². The molecule has 0 saturated carbocycles. The van der Waals surface area contributed by atoms with Crippen molar-refractivity contribution in [2.45, 2.75) is 39.5 Å². The summed E-state index contributed by atoms with van der Waals surface area (Å²) in [4.78, 5) is 6.88. The van der Waals surface area contributed by atoms with Gasteiger partial charge < -0.3 is 15.0 Å². The van der Waals surface area contributed by atoms with Crippen molar-refractivity contribution in [2.24, 2.45) is 4.99 Å². The van der Waals surface area contributed by atoms with Crippen LogP contribution in [0.3, 0.4) is 0 Å². The number of rotatable bonds is 8. The first kappa shape index (κ1) is 20.0. The summed E-state index contributed by atoms with van der Waals surface area (Å²) < 4.78 is 5.97. The van der Waals surface area contributed by atoms with E-state index in [0.29, 0.717) is 18.2 Å². The highest BCUT2D eigenvalue weighted by molar-refractivity contribution is 7.14. The first-order chi connectivity index (χ1) is 13.1. The molecule has 2 heterocycles. The lowest BCUT2D eigenvalue weighted by molar-refractivity contribution is 0.326. The summed E-state index contributed by atoms with van der Waals surface area (Å²) in [5.74, 6) is 1.80. The van der Waals surface area contributed by atoms with E-state index in [-0.39, 0.29) is 0 Å². The average Bonchev–Trinajstić information content (AvgIpc) is 3.11. The van der Waals surface area contributed by atoms with Crippen LogP contribution in [-0.4, -0.2) is 37.6 Å². The third kappa shape index (κ3) is 4.96. The Bertz CT molecular complexity index is 779. The van der Waals surface area contributed by atoms with Crippen LogP contribution in [0.1, 0.15) is 42.9 Å². The Morgan fingerprint density at radius 1 is 1.33 bits per heavy atom. The molecule has 1 aliphatic rings. The van der Waals surface area contributed by atoms with Gasteiger partial charge >= 0.3 is 0 Å². The van der Waals surface area contributed by atoms with Crippen molar-refractivity contribution in [1.29, 1.82) is 0 Å². The summed E-state index contributed by atoms with van der Waals surface area (Å²) in [6.07, 6.45) is 4.77. The third-order valence-corrected chi connectivity index (χ3v) is 5.85. The Hall–Kier alpha value is -1.72. The highest BCUT2D eigenvalue weighted by Crippen LogP contribution is 2.31. The van der Waals surface area contributed by atoms with Crippen LogP contribution in [0.2, 0.25) is 5.02 Å². The van der Waals surface area contributed by atoms with E-state index in [9.17, 15) is 0 Å². The first-order valence-electron chi connectivity index (χ1n) is 9.59. The topological polar surface area (TPSA) is 36.9 Å². The summed E-state index contributed by atoms with van der Waals surface area (Å²) in [7, 11) is 2.05. The Morgan fingerprint density at radius 2 is 2.19 bits per heavy atom. The maximum absolute atomic E-state index is 6.47. The molecule has 1 aromatic carbocycles. The lowest BCUT2D eigenvalue weighted by atomic mass is 10.0. The number of aryl methyl sites for hydroxylation is 2. The van der Waals surface area contributed by atoms with Gasteiger partial charge in [-0.25, -0.2) is 0 Å². The van der Waals surface area contributed by atoms with Gasteiger partial charge in [0.25, 0.3) is 0 Å². The van der Waals surface area contributed by atoms with Gasteiger partial charge in [0.05, 0.1) is 23.8 Å². The van der Waals surface area contributed by atoms with Crippen molar-refractivity contribution < 1.29 is 4.74 Å². The zero-order valence-corrected chi connectivity index (χ0v) is 17.9. The molecule has 0 spiro atoms. The molecule has 3 rings (SSSR count). The minimum Gasteiger partial charge on any atom is -0.490 e. The standard InChI is InChI=1S/C21H28ClN3OS/c1-4-5-6-7-16-12-15(2)19(18(22)13-16)26-10-9-23-20-17-8-11-27-21(17)24-14-25(20)3/h8,11-13,24H,4-7,9-10,14H2,1-3H3. The number of unbranched alkanes of at least 4 members (excludes halogenated alkanes) is 2. The average molecular weight is 406 g/mol. The highest BCUT2D eigenvalue weighted by atomic mass is 35.5. The van der Waals surface area contributed by atoms with Crippen LogP contribution in [0.25, 0.3) is 0 Å². The quantitative estimate of drug-likeness (QED) is 0.582. The Balaban J connectivity index is 1.59. The van der Waals surface area contributed by atoms with Gasteiger partial charge in [-0.1, -0.05) is 37.4 Å². The van der Waals surface area contributed by atoms with E-state index in [2.05, 4.69) is 41.6 Å². The molecule has 0 bridgehead atoms. The molecule has 0 amide bonds. The molecule has 1 N–H and O–H groups in total. The van der Waals surface area contributed by atoms with E-state index < -0.39 is 0 Å². The van der Waals surface area contributed by atoms with Crippen LogP contribution < -0.4 is 10.1 Å². The van der Waals surface area contributed by atoms with Gasteiger partial charge in [-0.2, -0.15) is 0 Å². The van der Waals surface area contributed by atoms with Gasteiger partial charge in [-0.15, -0.1) is 11.3 Å². The predicted molar refractivity (Wildman–Crippen MR) is 117 cm³/mol. The van der Waals surface area contributed by atoms with Crippen LogP contribution in [0, 0.1) is 6.92 Å². The molecule has 1 aliphatic heterocycles. The lowest BCUT2D eigenvalue weighted by Crippen LogP contribution is -2.37. The molecule has 146 valence electrons. The number of nitrogens with one attached hydrogen (secondary N) is 1. The Morgan fingerprint density at radius 3 is 2.96 bits per heavy atom. The number of halogens is 1. The molecule has 27 heavy (non-hydrogen) atoms. The highest BCUT2D eigenvalue weighted by Gasteiger charge is 2.19. The molecule has 4 nitrogen and oxygen atoms in total. The van der Waals surface area contributed by atoms with Crippen molar-refractivity contribution >= 4 is 33.8 Å². The molecule has 6 heteroatoms. The van der Waals surface area contributed by atoms with Crippen LogP contribution in [-0.2, 0) is 6.42 Å². The Kier molecular flexibility index (Phi) is 7.02. The first-order valence-corrected chi connectivity index (χ1v) is 10.8. The summed E-state index contributed by atoms with van der Waals surface area (Å²) in [5.41, 5.74) is 3.56. The number of benzene rings is 1. The van der Waals surface area contributed by atoms with Crippen molar-refractivity contribution in [2.75, 3.05) is 32.2 Å². The van der Waals surface area contributed by atoms with Gasteiger partial charge in [0.1, 0.15) is 23.2 Å².